The minimum Gasteiger partial charge on any atom is -0.377 e. The van der Waals surface area contributed by atoms with Crippen LogP contribution in [-0.2, 0) is 17.8 Å². The average molecular weight is 320 g/mol. The standard InChI is InChI=1S/C20H20N2O2/c21-13-19-12-17(14-23)11-18-7-9-22(20(18)19)8-4-10-24-15-16-5-2-1-3-6-16/h1-3,5-6,11-12,14H,4,7-10,15H2. The molecule has 0 amide bonds. The lowest BCUT2D eigenvalue weighted by Gasteiger charge is -2.20. The van der Waals surface area contributed by atoms with Gasteiger partial charge in [-0.15, -0.1) is 0 Å². The van der Waals surface area contributed by atoms with E-state index >= 15 is 0 Å². The summed E-state index contributed by atoms with van der Waals surface area (Å²) in [5.41, 5.74) is 4.44. The molecule has 1 aliphatic rings. The number of nitriles is 1. The van der Waals surface area contributed by atoms with E-state index < -0.39 is 0 Å². The van der Waals surface area contributed by atoms with E-state index in [2.05, 4.69) is 23.1 Å². The molecule has 0 spiro atoms. The molecule has 0 unspecified atom stereocenters. The second kappa shape index (κ2) is 7.76. The van der Waals surface area contributed by atoms with Crippen molar-refractivity contribution in [2.45, 2.75) is 19.4 Å². The van der Waals surface area contributed by atoms with E-state index in [1.165, 1.54) is 5.56 Å². The number of hydrogen-bond acceptors (Lipinski definition) is 4. The molecular weight excluding hydrogens is 300 g/mol. The van der Waals surface area contributed by atoms with Crippen molar-refractivity contribution in [3.8, 4) is 6.07 Å². The summed E-state index contributed by atoms with van der Waals surface area (Å²) in [4.78, 5) is 13.2. The molecule has 122 valence electrons. The largest absolute Gasteiger partial charge is 0.377 e. The van der Waals surface area contributed by atoms with Gasteiger partial charge in [0, 0.05) is 25.3 Å². The van der Waals surface area contributed by atoms with Crippen LogP contribution in [0.15, 0.2) is 42.5 Å². The SMILES string of the molecule is N#Cc1cc(C=O)cc2c1N(CCCOCc1ccccc1)CC2. The first kappa shape index (κ1) is 16.2. The van der Waals surface area contributed by atoms with Crippen molar-refractivity contribution < 1.29 is 9.53 Å². The van der Waals surface area contributed by atoms with Gasteiger partial charge in [0.15, 0.2) is 0 Å². The molecule has 4 heteroatoms. The highest BCUT2D eigenvalue weighted by Crippen LogP contribution is 2.32. The molecule has 0 radical (unpaired) electrons. The summed E-state index contributed by atoms with van der Waals surface area (Å²) in [6, 6.07) is 15.9. The van der Waals surface area contributed by atoms with Crippen molar-refractivity contribution in [2.75, 3.05) is 24.6 Å². The van der Waals surface area contributed by atoms with E-state index in [4.69, 9.17) is 4.74 Å². The molecule has 0 N–H and O–H groups in total. The predicted molar refractivity (Wildman–Crippen MR) is 93.2 cm³/mol. The van der Waals surface area contributed by atoms with Gasteiger partial charge in [-0.05, 0) is 36.1 Å². The predicted octanol–water partition coefficient (Wildman–Crippen LogP) is 3.34. The van der Waals surface area contributed by atoms with Crippen LogP contribution in [0.3, 0.4) is 0 Å². The lowest BCUT2D eigenvalue weighted by molar-refractivity contribution is 0.112. The summed E-state index contributed by atoms with van der Waals surface area (Å²) in [5, 5.41) is 9.36. The lowest BCUT2D eigenvalue weighted by Crippen LogP contribution is -2.23. The van der Waals surface area contributed by atoms with Crippen molar-refractivity contribution in [2.24, 2.45) is 0 Å². The number of rotatable bonds is 7. The van der Waals surface area contributed by atoms with Crippen molar-refractivity contribution in [3.63, 3.8) is 0 Å². The fourth-order valence-electron chi connectivity index (χ4n) is 3.15. The summed E-state index contributed by atoms with van der Waals surface area (Å²) in [6.45, 7) is 3.07. The number of carbonyl (C=O) groups excluding carboxylic acids is 1. The maximum Gasteiger partial charge on any atom is 0.150 e. The zero-order chi connectivity index (χ0) is 16.8. The van der Waals surface area contributed by atoms with E-state index in [0.717, 1.165) is 43.5 Å². The average Bonchev–Trinajstić information content (AvgIpc) is 3.04. The Morgan fingerprint density at radius 3 is 2.83 bits per heavy atom. The Morgan fingerprint density at radius 1 is 1.25 bits per heavy atom. The van der Waals surface area contributed by atoms with Gasteiger partial charge < -0.3 is 9.64 Å². The van der Waals surface area contributed by atoms with E-state index in [0.29, 0.717) is 24.3 Å². The van der Waals surface area contributed by atoms with Gasteiger partial charge in [-0.25, -0.2) is 0 Å². The van der Waals surface area contributed by atoms with Gasteiger partial charge in [-0.2, -0.15) is 5.26 Å². The Bertz CT molecular complexity index is 750. The molecule has 0 saturated heterocycles. The number of hydrogen-bond donors (Lipinski definition) is 0. The van der Waals surface area contributed by atoms with E-state index in [1.807, 2.05) is 24.3 Å². The van der Waals surface area contributed by atoms with Gasteiger partial charge >= 0.3 is 0 Å². The highest BCUT2D eigenvalue weighted by atomic mass is 16.5. The molecule has 0 saturated carbocycles. The van der Waals surface area contributed by atoms with Crippen LogP contribution in [-0.4, -0.2) is 26.0 Å². The van der Waals surface area contributed by atoms with Crippen molar-refractivity contribution >= 4 is 12.0 Å². The van der Waals surface area contributed by atoms with Crippen LogP contribution in [0.4, 0.5) is 5.69 Å². The maximum atomic E-state index is 11.0. The van der Waals surface area contributed by atoms with Gasteiger partial charge in [0.2, 0.25) is 0 Å². The molecular formula is C20H20N2O2. The summed E-state index contributed by atoms with van der Waals surface area (Å²) in [5.74, 6) is 0. The van der Waals surface area contributed by atoms with Crippen LogP contribution in [0.2, 0.25) is 0 Å². The Labute approximate surface area is 142 Å². The molecule has 0 atom stereocenters. The van der Waals surface area contributed by atoms with Gasteiger partial charge in [0.1, 0.15) is 12.4 Å². The second-order valence-corrected chi connectivity index (χ2v) is 5.93. The van der Waals surface area contributed by atoms with Gasteiger partial charge in [-0.1, -0.05) is 30.3 Å². The van der Waals surface area contributed by atoms with Crippen LogP contribution in [0.25, 0.3) is 0 Å². The Kier molecular flexibility index (Phi) is 5.25. The van der Waals surface area contributed by atoms with Crippen LogP contribution in [0.1, 0.15) is 33.5 Å². The van der Waals surface area contributed by atoms with Crippen molar-refractivity contribution in [3.05, 3.63) is 64.7 Å². The van der Waals surface area contributed by atoms with Gasteiger partial charge in [0.25, 0.3) is 0 Å². The van der Waals surface area contributed by atoms with Crippen LogP contribution < -0.4 is 4.90 Å². The highest BCUT2D eigenvalue weighted by molar-refractivity contribution is 5.80. The number of aldehydes is 1. The monoisotopic (exact) mass is 320 g/mol. The Balaban J connectivity index is 1.53. The molecule has 1 aliphatic heterocycles. The molecule has 2 aromatic carbocycles. The van der Waals surface area contributed by atoms with Gasteiger partial charge in [0.05, 0.1) is 17.9 Å². The minimum absolute atomic E-state index is 0.582. The number of fused-ring (bicyclic) bond motifs is 1. The number of nitrogens with zero attached hydrogens (tertiary/aromatic N) is 2. The number of ether oxygens (including phenoxy) is 1. The van der Waals surface area contributed by atoms with E-state index in [9.17, 15) is 10.1 Å². The molecule has 24 heavy (non-hydrogen) atoms. The molecule has 1 heterocycles. The first-order chi connectivity index (χ1) is 11.8. The topological polar surface area (TPSA) is 53.3 Å². The molecule has 0 aliphatic carbocycles. The quantitative estimate of drug-likeness (QED) is 0.580. The smallest absolute Gasteiger partial charge is 0.150 e. The number of benzene rings is 2. The number of anilines is 1. The number of carbonyl (C=O) groups is 1. The van der Waals surface area contributed by atoms with Crippen LogP contribution in [0.5, 0.6) is 0 Å². The maximum absolute atomic E-state index is 11.0. The van der Waals surface area contributed by atoms with Crippen molar-refractivity contribution in [1.29, 1.82) is 5.26 Å². The fourth-order valence-corrected chi connectivity index (χ4v) is 3.15. The third-order valence-electron chi connectivity index (χ3n) is 4.26. The molecule has 2 aromatic rings. The summed E-state index contributed by atoms with van der Waals surface area (Å²) >= 11 is 0. The highest BCUT2D eigenvalue weighted by Gasteiger charge is 2.23. The Hall–Kier alpha value is -2.64. The summed E-state index contributed by atoms with van der Waals surface area (Å²) in [6.07, 6.45) is 2.60. The third kappa shape index (κ3) is 3.64. The molecule has 0 bridgehead atoms. The molecule has 3 rings (SSSR count). The summed E-state index contributed by atoms with van der Waals surface area (Å²) < 4.78 is 5.72. The van der Waals surface area contributed by atoms with E-state index in [-0.39, 0.29) is 0 Å². The lowest BCUT2D eigenvalue weighted by atomic mass is 10.0. The van der Waals surface area contributed by atoms with Crippen molar-refractivity contribution in [1.82, 2.24) is 0 Å². The van der Waals surface area contributed by atoms with Crippen LogP contribution in [0, 0.1) is 11.3 Å². The third-order valence-corrected chi connectivity index (χ3v) is 4.26. The Morgan fingerprint density at radius 2 is 2.08 bits per heavy atom. The molecule has 0 fully saturated rings. The first-order valence-electron chi connectivity index (χ1n) is 8.20. The molecule has 4 nitrogen and oxygen atoms in total. The minimum atomic E-state index is 0.582. The van der Waals surface area contributed by atoms with Gasteiger partial charge in [-0.3, -0.25) is 4.79 Å². The first-order valence-corrected chi connectivity index (χ1v) is 8.20. The molecule has 0 aromatic heterocycles. The fraction of sp³-hybridized carbons (Fsp3) is 0.300. The zero-order valence-corrected chi connectivity index (χ0v) is 13.6. The normalized spacial score (nSPS) is 12.7. The zero-order valence-electron chi connectivity index (χ0n) is 13.6. The summed E-state index contributed by atoms with van der Waals surface area (Å²) in [7, 11) is 0. The second-order valence-electron chi connectivity index (χ2n) is 5.93. The van der Waals surface area contributed by atoms with E-state index in [1.54, 1.807) is 6.07 Å². The van der Waals surface area contributed by atoms with Crippen LogP contribution >= 0.6 is 0 Å².